The van der Waals surface area contributed by atoms with E-state index in [4.69, 9.17) is 5.11 Å². The average molecular weight is 277 g/mol. The molecule has 1 aliphatic rings. The SMILES string of the molecule is CC(C)C1(O)CN(C(=O)Cc2ccccc2C(=O)O)C1. The fourth-order valence-corrected chi connectivity index (χ4v) is 2.31. The first-order valence-corrected chi connectivity index (χ1v) is 6.65. The maximum Gasteiger partial charge on any atom is 0.335 e. The van der Waals surface area contributed by atoms with E-state index in [2.05, 4.69) is 0 Å². The Morgan fingerprint density at radius 3 is 2.45 bits per heavy atom. The van der Waals surface area contributed by atoms with E-state index in [1.807, 2.05) is 13.8 Å². The van der Waals surface area contributed by atoms with Crippen LogP contribution in [0.15, 0.2) is 24.3 Å². The first-order chi connectivity index (χ1) is 9.33. The van der Waals surface area contributed by atoms with Crippen LogP contribution in [0.3, 0.4) is 0 Å². The number of hydrogen-bond donors (Lipinski definition) is 2. The number of rotatable bonds is 4. The number of carboxylic acids is 1. The molecular formula is C15H19NO4. The highest BCUT2D eigenvalue weighted by Crippen LogP contribution is 2.29. The van der Waals surface area contributed by atoms with E-state index in [0.717, 1.165) is 0 Å². The van der Waals surface area contributed by atoms with Gasteiger partial charge < -0.3 is 15.1 Å². The molecule has 0 spiro atoms. The lowest BCUT2D eigenvalue weighted by molar-refractivity contribution is -0.163. The number of hydrogen-bond acceptors (Lipinski definition) is 3. The Hall–Kier alpha value is -1.88. The molecule has 0 bridgehead atoms. The molecule has 0 saturated carbocycles. The Labute approximate surface area is 117 Å². The summed E-state index contributed by atoms with van der Waals surface area (Å²) in [5, 5.41) is 19.2. The normalized spacial score (nSPS) is 16.9. The van der Waals surface area contributed by atoms with Crippen LogP contribution in [-0.4, -0.2) is 45.7 Å². The first kappa shape index (κ1) is 14.5. The number of carboxylic acid groups (broad SMARTS) is 1. The third-order valence-corrected chi connectivity index (χ3v) is 3.95. The molecular weight excluding hydrogens is 258 g/mol. The summed E-state index contributed by atoms with van der Waals surface area (Å²) in [6.07, 6.45) is 0.0522. The van der Waals surface area contributed by atoms with Gasteiger partial charge >= 0.3 is 5.97 Å². The van der Waals surface area contributed by atoms with Crippen molar-refractivity contribution in [3.05, 3.63) is 35.4 Å². The van der Waals surface area contributed by atoms with E-state index in [-0.39, 0.29) is 23.8 Å². The predicted molar refractivity (Wildman–Crippen MR) is 73.5 cm³/mol. The lowest BCUT2D eigenvalue weighted by Crippen LogP contribution is -2.66. The van der Waals surface area contributed by atoms with Crippen molar-refractivity contribution in [2.75, 3.05) is 13.1 Å². The van der Waals surface area contributed by atoms with Crippen molar-refractivity contribution in [3.8, 4) is 0 Å². The van der Waals surface area contributed by atoms with Crippen molar-refractivity contribution in [1.82, 2.24) is 4.90 Å². The van der Waals surface area contributed by atoms with Gasteiger partial charge in [0.05, 0.1) is 25.1 Å². The molecule has 1 amide bonds. The van der Waals surface area contributed by atoms with Gasteiger partial charge in [-0.2, -0.15) is 0 Å². The number of aliphatic hydroxyl groups is 1. The largest absolute Gasteiger partial charge is 0.478 e. The lowest BCUT2D eigenvalue weighted by atomic mass is 9.82. The molecule has 5 nitrogen and oxygen atoms in total. The van der Waals surface area contributed by atoms with Gasteiger partial charge in [0, 0.05) is 0 Å². The van der Waals surface area contributed by atoms with Crippen molar-refractivity contribution >= 4 is 11.9 Å². The van der Waals surface area contributed by atoms with Gasteiger partial charge in [-0.25, -0.2) is 4.79 Å². The van der Waals surface area contributed by atoms with Gasteiger partial charge in [0.1, 0.15) is 5.60 Å². The van der Waals surface area contributed by atoms with Crippen LogP contribution in [-0.2, 0) is 11.2 Å². The Kier molecular flexibility index (Phi) is 3.81. The summed E-state index contributed by atoms with van der Waals surface area (Å²) in [5.74, 6) is -1.09. The highest BCUT2D eigenvalue weighted by Gasteiger charge is 2.45. The number of aromatic carboxylic acids is 1. The van der Waals surface area contributed by atoms with E-state index < -0.39 is 11.6 Å². The topological polar surface area (TPSA) is 77.8 Å². The fraction of sp³-hybridized carbons (Fsp3) is 0.467. The minimum Gasteiger partial charge on any atom is -0.478 e. The van der Waals surface area contributed by atoms with Crippen molar-refractivity contribution in [2.24, 2.45) is 5.92 Å². The molecule has 0 aliphatic carbocycles. The first-order valence-electron chi connectivity index (χ1n) is 6.65. The molecule has 1 aromatic carbocycles. The monoisotopic (exact) mass is 277 g/mol. The summed E-state index contributed by atoms with van der Waals surface area (Å²) in [5.41, 5.74) is -0.146. The Balaban J connectivity index is 2.02. The van der Waals surface area contributed by atoms with Gasteiger partial charge in [0.15, 0.2) is 0 Å². The Morgan fingerprint density at radius 1 is 1.30 bits per heavy atom. The van der Waals surface area contributed by atoms with Crippen molar-refractivity contribution in [1.29, 1.82) is 0 Å². The second-order valence-electron chi connectivity index (χ2n) is 5.65. The molecule has 0 aromatic heterocycles. The van der Waals surface area contributed by atoms with Gasteiger partial charge in [-0.15, -0.1) is 0 Å². The van der Waals surface area contributed by atoms with Gasteiger partial charge in [-0.3, -0.25) is 4.79 Å². The summed E-state index contributed by atoms with van der Waals surface area (Å²) in [7, 11) is 0. The molecule has 2 rings (SSSR count). The third kappa shape index (κ3) is 2.67. The number of carbonyl (C=O) groups is 2. The number of carbonyl (C=O) groups excluding carboxylic acids is 1. The number of nitrogens with zero attached hydrogens (tertiary/aromatic N) is 1. The third-order valence-electron chi connectivity index (χ3n) is 3.95. The number of benzene rings is 1. The molecule has 1 heterocycles. The number of amides is 1. The molecule has 20 heavy (non-hydrogen) atoms. The number of likely N-dealkylation sites (tertiary alicyclic amines) is 1. The zero-order chi connectivity index (χ0) is 14.9. The summed E-state index contributed by atoms with van der Waals surface area (Å²) in [4.78, 5) is 24.8. The molecule has 0 radical (unpaired) electrons. The molecule has 1 aliphatic heterocycles. The second-order valence-corrected chi connectivity index (χ2v) is 5.65. The molecule has 0 unspecified atom stereocenters. The van der Waals surface area contributed by atoms with E-state index >= 15 is 0 Å². The smallest absolute Gasteiger partial charge is 0.335 e. The maximum atomic E-state index is 12.1. The summed E-state index contributed by atoms with van der Waals surface area (Å²) in [6.45, 7) is 4.47. The molecule has 1 saturated heterocycles. The van der Waals surface area contributed by atoms with Crippen LogP contribution < -0.4 is 0 Å². The van der Waals surface area contributed by atoms with Crippen LogP contribution in [0.25, 0.3) is 0 Å². The van der Waals surface area contributed by atoms with Gasteiger partial charge in [-0.05, 0) is 17.5 Å². The van der Waals surface area contributed by atoms with E-state index in [1.54, 1.807) is 23.1 Å². The maximum absolute atomic E-state index is 12.1. The zero-order valence-electron chi connectivity index (χ0n) is 11.7. The summed E-state index contributed by atoms with van der Waals surface area (Å²) < 4.78 is 0. The summed E-state index contributed by atoms with van der Waals surface area (Å²) in [6, 6.07) is 6.50. The predicted octanol–water partition coefficient (Wildman–Crippen LogP) is 1.16. The fourth-order valence-electron chi connectivity index (χ4n) is 2.31. The number of β-amino-alcohol motifs (C(OH)–C–C–N with tert-alkyl or cyclic N) is 1. The average Bonchev–Trinajstić information content (AvgIpc) is 2.34. The van der Waals surface area contributed by atoms with Crippen LogP contribution in [0.1, 0.15) is 29.8 Å². The Morgan fingerprint density at radius 2 is 1.90 bits per heavy atom. The van der Waals surface area contributed by atoms with Crippen LogP contribution in [0, 0.1) is 5.92 Å². The minimum atomic E-state index is -1.03. The van der Waals surface area contributed by atoms with Crippen LogP contribution in [0.4, 0.5) is 0 Å². The molecule has 0 atom stereocenters. The quantitative estimate of drug-likeness (QED) is 0.865. The molecule has 1 fully saturated rings. The van der Waals surface area contributed by atoms with Crippen molar-refractivity contribution < 1.29 is 19.8 Å². The highest BCUT2D eigenvalue weighted by atomic mass is 16.4. The lowest BCUT2D eigenvalue weighted by Gasteiger charge is -2.49. The van der Waals surface area contributed by atoms with Crippen LogP contribution in [0.5, 0.6) is 0 Å². The van der Waals surface area contributed by atoms with Crippen molar-refractivity contribution in [2.45, 2.75) is 25.9 Å². The summed E-state index contributed by atoms with van der Waals surface area (Å²) >= 11 is 0. The van der Waals surface area contributed by atoms with E-state index in [9.17, 15) is 14.7 Å². The van der Waals surface area contributed by atoms with Crippen LogP contribution in [0.2, 0.25) is 0 Å². The molecule has 2 N–H and O–H groups in total. The second kappa shape index (κ2) is 5.25. The molecule has 1 aromatic rings. The van der Waals surface area contributed by atoms with Crippen molar-refractivity contribution in [3.63, 3.8) is 0 Å². The van der Waals surface area contributed by atoms with Gasteiger partial charge in [0.2, 0.25) is 5.91 Å². The van der Waals surface area contributed by atoms with Crippen LogP contribution >= 0.6 is 0 Å². The van der Waals surface area contributed by atoms with E-state index in [0.29, 0.717) is 18.7 Å². The molecule has 108 valence electrons. The van der Waals surface area contributed by atoms with Gasteiger partial charge in [-0.1, -0.05) is 32.0 Å². The Bertz CT molecular complexity index is 532. The standard InChI is InChI=1S/C15H19NO4/c1-10(2)15(20)8-16(9-15)13(17)7-11-5-3-4-6-12(11)14(18)19/h3-6,10,20H,7-9H2,1-2H3,(H,18,19). The minimum absolute atomic E-state index is 0.0522. The highest BCUT2D eigenvalue weighted by molar-refractivity contribution is 5.91. The van der Waals surface area contributed by atoms with Gasteiger partial charge in [0.25, 0.3) is 0 Å². The molecule has 5 heteroatoms. The van der Waals surface area contributed by atoms with E-state index in [1.165, 1.54) is 6.07 Å². The zero-order valence-corrected chi connectivity index (χ0v) is 11.7.